The Bertz CT molecular complexity index is 1250. The summed E-state index contributed by atoms with van der Waals surface area (Å²) in [7, 11) is 0. The molecule has 1 aliphatic rings. The van der Waals surface area contributed by atoms with E-state index in [1.54, 1.807) is 38.1 Å². The molecule has 10 nitrogen and oxygen atoms in total. The minimum Gasteiger partial charge on any atom is -0.462 e. The summed E-state index contributed by atoms with van der Waals surface area (Å²) in [4.78, 5) is 39.3. The molecule has 0 bridgehead atoms. The van der Waals surface area contributed by atoms with E-state index in [9.17, 15) is 19.6 Å². The molecule has 35 heavy (non-hydrogen) atoms. The summed E-state index contributed by atoms with van der Waals surface area (Å²) in [5.74, 6) is -0.749. The van der Waals surface area contributed by atoms with Gasteiger partial charge in [0.25, 0.3) is 5.56 Å². The van der Waals surface area contributed by atoms with E-state index in [0.29, 0.717) is 29.0 Å². The Morgan fingerprint density at radius 2 is 1.86 bits per heavy atom. The lowest BCUT2D eigenvalue weighted by Crippen LogP contribution is -2.35. The summed E-state index contributed by atoms with van der Waals surface area (Å²) in [5.41, 5.74) is 0.853. The van der Waals surface area contributed by atoms with Gasteiger partial charge in [0.2, 0.25) is 0 Å². The highest BCUT2D eigenvalue weighted by atomic mass is 32.1. The number of carbonyl (C=O) groups is 2. The van der Waals surface area contributed by atoms with E-state index < -0.39 is 5.97 Å². The largest absolute Gasteiger partial charge is 0.462 e. The Morgan fingerprint density at radius 3 is 2.49 bits per heavy atom. The molecule has 186 valence electrons. The lowest BCUT2D eigenvalue weighted by atomic mass is 10.3. The van der Waals surface area contributed by atoms with Crippen LogP contribution in [0.4, 0.5) is 16.2 Å². The van der Waals surface area contributed by atoms with Gasteiger partial charge in [-0.1, -0.05) is 0 Å². The lowest BCUT2D eigenvalue weighted by Gasteiger charge is -2.15. The van der Waals surface area contributed by atoms with E-state index in [1.165, 1.54) is 23.6 Å². The van der Waals surface area contributed by atoms with Crippen LogP contribution in [0, 0.1) is 11.3 Å². The van der Waals surface area contributed by atoms with Gasteiger partial charge < -0.3 is 25.6 Å². The molecule has 2 heterocycles. The van der Waals surface area contributed by atoms with E-state index in [1.807, 2.05) is 6.07 Å². The average Bonchev–Trinajstić information content (AvgIpc) is 3.47. The van der Waals surface area contributed by atoms with Crippen molar-refractivity contribution in [2.75, 3.05) is 43.4 Å². The van der Waals surface area contributed by atoms with Gasteiger partial charge in [0.05, 0.1) is 6.61 Å². The summed E-state index contributed by atoms with van der Waals surface area (Å²) in [6.07, 6.45) is 3.98. The zero-order chi connectivity index (χ0) is 25.2. The number of urea groups is 1. The fourth-order valence-corrected chi connectivity index (χ4v) is 4.76. The molecule has 1 aliphatic heterocycles. The molecule has 3 rings (SSSR count). The smallest absolute Gasteiger partial charge is 0.351 e. The summed E-state index contributed by atoms with van der Waals surface area (Å²) in [6.45, 7) is 7.50. The van der Waals surface area contributed by atoms with Crippen molar-refractivity contribution in [1.82, 2.24) is 14.8 Å². The zero-order valence-corrected chi connectivity index (χ0v) is 20.7. The Kier molecular flexibility index (Phi) is 9.46. The summed E-state index contributed by atoms with van der Waals surface area (Å²) >= 11 is 1.05. The molecule has 3 N–H and O–H groups in total. The SMILES string of the molecule is CCOC(=O)/C(C#N)=c1\s/c(=C/Nc2ccc(NC(=O)NCCN3CCCC3)cc2)c(=O)n1CC. The highest BCUT2D eigenvalue weighted by molar-refractivity contribution is 7.07. The van der Waals surface area contributed by atoms with Crippen molar-refractivity contribution >= 4 is 46.5 Å². The van der Waals surface area contributed by atoms with E-state index in [-0.39, 0.29) is 28.4 Å². The summed E-state index contributed by atoms with van der Waals surface area (Å²) in [5, 5.41) is 18.1. The number of nitriles is 1. The number of benzene rings is 1. The summed E-state index contributed by atoms with van der Waals surface area (Å²) in [6, 6.07) is 8.65. The monoisotopic (exact) mass is 498 g/mol. The number of nitrogens with zero attached hydrogens (tertiary/aromatic N) is 3. The van der Waals surface area contributed by atoms with E-state index >= 15 is 0 Å². The van der Waals surface area contributed by atoms with Crippen LogP contribution in [0.5, 0.6) is 0 Å². The maximum atomic E-state index is 12.8. The molecule has 0 aliphatic carbocycles. The molecule has 0 spiro atoms. The Balaban J connectivity index is 1.66. The van der Waals surface area contributed by atoms with Gasteiger partial charge in [0.15, 0.2) is 5.57 Å². The van der Waals surface area contributed by atoms with Gasteiger partial charge in [0, 0.05) is 37.2 Å². The molecule has 0 atom stereocenters. The molecule has 0 unspecified atom stereocenters. The molecular formula is C24H30N6O4S. The van der Waals surface area contributed by atoms with Crippen LogP contribution in [-0.2, 0) is 16.1 Å². The van der Waals surface area contributed by atoms with Crippen LogP contribution in [0.15, 0.2) is 29.1 Å². The average molecular weight is 499 g/mol. The number of likely N-dealkylation sites (tertiary alicyclic amines) is 1. The number of hydrogen-bond donors (Lipinski definition) is 3. The van der Waals surface area contributed by atoms with Gasteiger partial charge >= 0.3 is 12.0 Å². The van der Waals surface area contributed by atoms with Crippen molar-refractivity contribution in [2.45, 2.75) is 33.2 Å². The highest BCUT2D eigenvalue weighted by Crippen LogP contribution is 2.13. The van der Waals surface area contributed by atoms with Crippen LogP contribution >= 0.6 is 11.3 Å². The number of nitrogens with one attached hydrogen (secondary N) is 3. The fourth-order valence-electron chi connectivity index (χ4n) is 3.68. The second kappa shape index (κ2) is 12.7. The lowest BCUT2D eigenvalue weighted by molar-refractivity contribution is -0.136. The van der Waals surface area contributed by atoms with Crippen LogP contribution < -0.4 is 30.7 Å². The van der Waals surface area contributed by atoms with Gasteiger partial charge in [0.1, 0.15) is 15.3 Å². The van der Waals surface area contributed by atoms with E-state index in [0.717, 1.165) is 31.0 Å². The van der Waals surface area contributed by atoms with Gasteiger partial charge in [-0.05, 0) is 64.0 Å². The van der Waals surface area contributed by atoms with Gasteiger partial charge in [-0.25, -0.2) is 9.59 Å². The predicted octanol–water partition coefficient (Wildman–Crippen LogP) is 1.23. The summed E-state index contributed by atoms with van der Waals surface area (Å²) < 4.78 is 6.93. The molecule has 1 aromatic heterocycles. The number of rotatable bonds is 9. The first-order valence-corrected chi connectivity index (χ1v) is 12.4. The molecule has 1 saturated heterocycles. The quantitative estimate of drug-likeness (QED) is 0.444. The number of anilines is 2. The number of aromatic nitrogens is 1. The van der Waals surface area contributed by atoms with E-state index in [2.05, 4.69) is 20.9 Å². The number of hydrogen-bond acceptors (Lipinski definition) is 8. The molecule has 2 aromatic rings. The van der Waals surface area contributed by atoms with Crippen molar-refractivity contribution in [3.63, 3.8) is 0 Å². The maximum absolute atomic E-state index is 12.8. The molecule has 1 aromatic carbocycles. The Hall–Kier alpha value is -3.62. The van der Waals surface area contributed by atoms with Gasteiger partial charge in [-0.15, -0.1) is 11.3 Å². The molecule has 11 heteroatoms. The zero-order valence-electron chi connectivity index (χ0n) is 19.9. The predicted molar refractivity (Wildman–Crippen MR) is 136 cm³/mol. The first-order chi connectivity index (χ1) is 17.0. The maximum Gasteiger partial charge on any atom is 0.351 e. The number of ether oxygens (including phenoxy) is 1. The molecular weight excluding hydrogens is 468 g/mol. The van der Waals surface area contributed by atoms with Gasteiger partial charge in [-0.2, -0.15) is 5.26 Å². The van der Waals surface area contributed by atoms with Crippen LogP contribution in [-0.4, -0.2) is 54.3 Å². The number of carbonyl (C=O) groups excluding carboxylic acids is 2. The topological polar surface area (TPSA) is 128 Å². The first kappa shape index (κ1) is 26.0. The van der Waals surface area contributed by atoms with Crippen LogP contribution in [0.2, 0.25) is 0 Å². The van der Waals surface area contributed by atoms with Crippen molar-refractivity contribution in [3.8, 4) is 6.07 Å². The normalized spacial score (nSPS) is 14.8. The molecule has 0 saturated carbocycles. The van der Waals surface area contributed by atoms with Crippen molar-refractivity contribution in [3.05, 3.63) is 43.8 Å². The van der Waals surface area contributed by atoms with E-state index in [4.69, 9.17) is 4.74 Å². The Morgan fingerprint density at radius 1 is 1.17 bits per heavy atom. The first-order valence-electron chi connectivity index (χ1n) is 11.6. The molecule has 0 radical (unpaired) electrons. The highest BCUT2D eigenvalue weighted by Gasteiger charge is 2.16. The van der Waals surface area contributed by atoms with Crippen molar-refractivity contribution < 1.29 is 14.3 Å². The van der Waals surface area contributed by atoms with Crippen LogP contribution in [0.25, 0.3) is 11.8 Å². The third-order valence-corrected chi connectivity index (χ3v) is 6.58. The third kappa shape index (κ3) is 6.94. The number of esters is 1. The third-order valence-electron chi connectivity index (χ3n) is 5.45. The minimum atomic E-state index is -0.749. The molecule has 1 fully saturated rings. The minimum absolute atomic E-state index is 0.136. The number of thiazole rings is 1. The number of amides is 2. The van der Waals surface area contributed by atoms with Crippen molar-refractivity contribution in [2.24, 2.45) is 0 Å². The molecule has 2 amide bonds. The van der Waals surface area contributed by atoms with Crippen molar-refractivity contribution in [1.29, 1.82) is 5.26 Å². The van der Waals surface area contributed by atoms with Crippen LogP contribution in [0.1, 0.15) is 26.7 Å². The standard InChI is InChI=1S/C24H30N6O4S/c1-3-30-21(31)20(35-22(30)19(15-25)23(32)34-4-2)16-27-17-7-9-18(10-8-17)28-24(33)26-11-14-29-12-5-6-13-29/h7-10,16,27H,3-6,11-14H2,1-2H3,(H2,26,28,33)/b20-16+,22-19-. The fraction of sp³-hybridized carbons (Fsp3) is 0.417. The second-order valence-corrected chi connectivity index (χ2v) is 8.85. The second-order valence-electron chi connectivity index (χ2n) is 7.82. The van der Waals surface area contributed by atoms with Gasteiger partial charge in [-0.3, -0.25) is 9.36 Å². The van der Waals surface area contributed by atoms with Crippen LogP contribution in [0.3, 0.4) is 0 Å². The Labute approximate surface area is 207 Å².